The minimum absolute atomic E-state index is 0.0189. The Morgan fingerprint density at radius 1 is 1.17 bits per heavy atom. The van der Waals surface area contributed by atoms with Crippen molar-refractivity contribution in [3.05, 3.63) is 62.8 Å². The van der Waals surface area contributed by atoms with Crippen molar-refractivity contribution in [2.45, 2.75) is 44.6 Å². The number of carbonyl (C=O) groups excluding carboxylic acids is 3. The minimum Gasteiger partial charge on any atom is -0.325 e. The van der Waals surface area contributed by atoms with E-state index in [2.05, 4.69) is 22.0 Å². The molecule has 1 saturated heterocycles. The van der Waals surface area contributed by atoms with Gasteiger partial charge in [-0.3, -0.25) is 14.4 Å². The molecule has 4 rings (SSSR count). The van der Waals surface area contributed by atoms with Crippen molar-refractivity contribution in [1.82, 2.24) is 4.90 Å². The SMILES string of the molecule is O=C1CC(N(CCC2=CCCCC2)C(=O)c2cccs2)C(=O)N1c1ccc(Br)cc1. The molecule has 0 spiro atoms. The van der Waals surface area contributed by atoms with E-state index >= 15 is 0 Å². The van der Waals surface area contributed by atoms with Crippen molar-refractivity contribution in [1.29, 1.82) is 0 Å². The fourth-order valence-electron chi connectivity index (χ4n) is 4.06. The Balaban J connectivity index is 1.58. The smallest absolute Gasteiger partial charge is 0.264 e. The number of rotatable bonds is 6. The van der Waals surface area contributed by atoms with Gasteiger partial charge >= 0.3 is 0 Å². The molecular formula is C23H23BrN2O3S. The fraction of sp³-hybridized carbons (Fsp3) is 0.348. The second-order valence-corrected chi connectivity index (χ2v) is 9.46. The van der Waals surface area contributed by atoms with Gasteiger partial charge in [-0.15, -0.1) is 11.3 Å². The largest absolute Gasteiger partial charge is 0.325 e. The quantitative estimate of drug-likeness (QED) is 0.417. The third kappa shape index (κ3) is 4.42. The zero-order valence-electron chi connectivity index (χ0n) is 16.6. The van der Waals surface area contributed by atoms with Crippen LogP contribution in [0.1, 0.15) is 48.2 Å². The number of carbonyl (C=O) groups is 3. The van der Waals surface area contributed by atoms with Crippen LogP contribution in [0.15, 0.2) is 57.9 Å². The molecule has 2 aliphatic rings. The Hall–Kier alpha value is -2.25. The number of anilines is 1. The maximum Gasteiger partial charge on any atom is 0.264 e. The number of halogens is 1. The normalized spacial score (nSPS) is 19.2. The van der Waals surface area contributed by atoms with E-state index < -0.39 is 6.04 Å². The summed E-state index contributed by atoms with van der Waals surface area (Å²) in [6.45, 7) is 0.445. The highest BCUT2D eigenvalue weighted by molar-refractivity contribution is 9.10. The van der Waals surface area contributed by atoms with Crippen molar-refractivity contribution in [2.24, 2.45) is 0 Å². The molecule has 1 fully saturated rings. The lowest BCUT2D eigenvalue weighted by Gasteiger charge is -2.28. The van der Waals surface area contributed by atoms with E-state index in [1.54, 1.807) is 35.2 Å². The summed E-state index contributed by atoms with van der Waals surface area (Å²) in [6, 6.07) is 9.91. The molecule has 156 valence electrons. The molecule has 1 aliphatic heterocycles. The summed E-state index contributed by atoms with van der Waals surface area (Å²) in [6.07, 6.45) is 7.52. The molecule has 1 unspecified atom stereocenters. The van der Waals surface area contributed by atoms with E-state index in [1.807, 2.05) is 11.4 Å². The summed E-state index contributed by atoms with van der Waals surface area (Å²) >= 11 is 4.73. The van der Waals surface area contributed by atoms with E-state index in [4.69, 9.17) is 0 Å². The number of thiophene rings is 1. The molecule has 7 heteroatoms. The van der Waals surface area contributed by atoms with E-state index in [9.17, 15) is 14.4 Å². The standard InChI is InChI=1S/C23H23BrN2O3S/c24-17-8-10-18(11-9-17)26-21(27)15-19(22(26)28)25(23(29)20-7-4-14-30-20)13-12-16-5-2-1-3-6-16/h4-5,7-11,14,19H,1-3,6,12-13,15H2. The number of allylic oxidation sites excluding steroid dienone is 1. The molecule has 1 aromatic carbocycles. The zero-order chi connectivity index (χ0) is 21.1. The number of amides is 3. The van der Waals surface area contributed by atoms with Gasteiger partial charge in [0.05, 0.1) is 17.0 Å². The number of benzene rings is 1. The summed E-state index contributed by atoms with van der Waals surface area (Å²) in [4.78, 5) is 42.7. The molecule has 0 N–H and O–H groups in total. The highest BCUT2D eigenvalue weighted by Gasteiger charge is 2.44. The van der Waals surface area contributed by atoms with Crippen molar-refractivity contribution in [3.8, 4) is 0 Å². The van der Waals surface area contributed by atoms with Crippen LogP contribution in [0, 0.1) is 0 Å². The third-order valence-corrected chi connectivity index (χ3v) is 7.02. The first kappa shape index (κ1) is 21.0. The van der Waals surface area contributed by atoms with Crippen LogP contribution < -0.4 is 4.90 Å². The van der Waals surface area contributed by atoms with Gasteiger partial charge in [0, 0.05) is 11.0 Å². The van der Waals surface area contributed by atoms with Gasteiger partial charge in [0.15, 0.2) is 0 Å². The molecule has 0 saturated carbocycles. The van der Waals surface area contributed by atoms with Crippen LogP contribution in [0.3, 0.4) is 0 Å². The number of hydrogen-bond acceptors (Lipinski definition) is 4. The van der Waals surface area contributed by atoms with E-state index in [0.717, 1.165) is 23.7 Å². The van der Waals surface area contributed by atoms with Gasteiger partial charge in [0.1, 0.15) is 6.04 Å². The van der Waals surface area contributed by atoms with E-state index in [0.29, 0.717) is 17.1 Å². The van der Waals surface area contributed by atoms with Gasteiger partial charge in [0.2, 0.25) is 5.91 Å². The number of nitrogens with zero attached hydrogens (tertiary/aromatic N) is 2. The monoisotopic (exact) mass is 486 g/mol. The molecular weight excluding hydrogens is 464 g/mol. The summed E-state index contributed by atoms with van der Waals surface area (Å²) in [5.74, 6) is -0.775. The second kappa shape index (κ2) is 9.27. The van der Waals surface area contributed by atoms with Crippen molar-refractivity contribution >= 4 is 50.7 Å². The summed E-state index contributed by atoms with van der Waals surface area (Å²) in [5, 5.41) is 1.85. The van der Waals surface area contributed by atoms with Crippen LogP contribution in [-0.2, 0) is 9.59 Å². The predicted molar refractivity (Wildman–Crippen MR) is 122 cm³/mol. The first-order valence-corrected chi connectivity index (χ1v) is 11.9. The Labute approximate surface area is 188 Å². The predicted octanol–water partition coefficient (Wildman–Crippen LogP) is 5.18. The molecule has 3 amide bonds. The summed E-state index contributed by atoms with van der Waals surface area (Å²) < 4.78 is 0.872. The van der Waals surface area contributed by atoms with Crippen molar-refractivity contribution < 1.29 is 14.4 Å². The number of hydrogen-bond donors (Lipinski definition) is 0. The lowest BCUT2D eigenvalue weighted by molar-refractivity contribution is -0.122. The Morgan fingerprint density at radius 2 is 1.97 bits per heavy atom. The maximum absolute atomic E-state index is 13.3. The fourth-order valence-corrected chi connectivity index (χ4v) is 5.00. The third-order valence-electron chi connectivity index (χ3n) is 5.64. The van der Waals surface area contributed by atoms with Gasteiger partial charge in [-0.2, -0.15) is 0 Å². The first-order chi connectivity index (χ1) is 14.5. The van der Waals surface area contributed by atoms with Crippen LogP contribution in [0.2, 0.25) is 0 Å². The summed E-state index contributed by atoms with van der Waals surface area (Å²) in [7, 11) is 0. The lowest BCUT2D eigenvalue weighted by Crippen LogP contribution is -2.46. The highest BCUT2D eigenvalue weighted by Crippen LogP contribution is 2.29. The molecule has 0 bridgehead atoms. The van der Waals surface area contributed by atoms with E-state index in [-0.39, 0.29) is 24.1 Å². The first-order valence-electron chi connectivity index (χ1n) is 10.2. The van der Waals surface area contributed by atoms with Gasteiger partial charge in [-0.25, -0.2) is 4.90 Å². The van der Waals surface area contributed by atoms with E-state index in [1.165, 1.54) is 34.7 Å². The topological polar surface area (TPSA) is 57.7 Å². The van der Waals surface area contributed by atoms with Crippen LogP contribution in [0.5, 0.6) is 0 Å². The Morgan fingerprint density at radius 3 is 2.63 bits per heavy atom. The zero-order valence-corrected chi connectivity index (χ0v) is 19.0. The molecule has 2 heterocycles. The minimum atomic E-state index is -0.764. The Bertz CT molecular complexity index is 969. The van der Waals surface area contributed by atoms with Gasteiger partial charge in [-0.05, 0) is 67.8 Å². The number of imide groups is 1. The van der Waals surface area contributed by atoms with Gasteiger partial charge < -0.3 is 4.90 Å². The van der Waals surface area contributed by atoms with Crippen LogP contribution in [-0.4, -0.2) is 35.2 Å². The molecule has 2 aromatic rings. The van der Waals surface area contributed by atoms with Crippen LogP contribution in [0.25, 0.3) is 0 Å². The highest BCUT2D eigenvalue weighted by atomic mass is 79.9. The lowest BCUT2D eigenvalue weighted by atomic mass is 9.97. The van der Waals surface area contributed by atoms with Crippen molar-refractivity contribution in [2.75, 3.05) is 11.4 Å². The summed E-state index contributed by atoms with van der Waals surface area (Å²) in [5.41, 5.74) is 1.88. The molecule has 5 nitrogen and oxygen atoms in total. The van der Waals surface area contributed by atoms with Crippen LogP contribution >= 0.6 is 27.3 Å². The van der Waals surface area contributed by atoms with Crippen LogP contribution in [0.4, 0.5) is 5.69 Å². The average molecular weight is 487 g/mol. The average Bonchev–Trinajstić information content (AvgIpc) is 3.39. The van der Waals surface area contributed by atoms with Gasteiger partial charge in [0.25, 0.3) is 11.8 Å². The second-order valence-electron chi connectivity index (χ2n) is 7.60. The van der Waals surface area contributed by atoms with Crippen molar-refractivity contribution in [3.63, 3.8) is 0 Å². The van der Waals surface area contributed by atoms with Gasteiger partial charge in [-0.1, -0.05) is 33.6 Å². The molecule has 1 aliphatic carbocycles. The molecule has 1 atom stereocenters. The molecule has 30 heavy (non-hydrogen) atoms. The Kier molecular flexibility index (Phi) is 6.49. The molecule has 0 radical (unpaired) electrons. The maximum atomic E-state index is 13.3. The molecule has 1 aromatic heterocycles.